The number of carbonyl (C=O) groups excluding carboxylic acids is 1. The van der Waals surface area contributed by atoms with Crippen LogP contribution in [0.1, 0.15) is 16.9 Å². The summed E-state index contributed by atoms with van der Waals surface area (Å²) in [6, 6.07) is 9.35. The molecule has 0 fully saturated rings. The van der Waals surface area contributed by atoms with Crippen molar-refractivity contribution in [3.63, 3.8) is 0 Å². The predicted octanol–water partition coefficient (Wildman–Crippen LogP) is 1.75. The largest absolute Gasteiger partial charge is 0.397 e. The Bertz CT molecular complexity index is 672. The molecule has 3 N–H and O–H groups in total. The summed E-state index contributed by atoms with van der Waals surface area (Å²) >= 11 is 0. The Labute approximate surface area is 123 Å². The number of nitrogens with one attached hydrogen (secondary N) is 1. The van der Waals surface area contributed by atoms with Crippen molar-refractivity contribution in [3.05, 3.63) is 30.0 Å². The van der Waals surface area contributed by atoms with Gasteiger partial charge in [-0.15, -0.1) is 0 Å². The van der Waals surface area contributed by atoms with Crippen LogP contribution in [0.5, 0.6) is 0 Å². The number of aromatic amines is 1. The predicted molar refractivity (Wildman–Crippen MR) is 80.7 cm³/mol. The highest BCUT2D eigenvalue weighted by Crippen LogP contribution is 2.21. The number of methoxy groups -OCH3 is 1. The highest BCUT2D eigenvalue weighted by Gasteiger charge is 2.17. The average Bonchev–Trinajstić information content (AvgIpc) is 2.92. The molecular weight excluding hydrogens is 268 g/mol. The summed E-state index contributed by atoms with van der Waals surface area (Å²) in [7, 11) is 1.58. The molecule has 0 saturated heterocycles. The van der Waals surface area contributed by atoms with E-state index in [0.717, 1.165) is 10.9 Å². The molecule has 6 heteroatoms. The van der Waals surface area contributed by atoms with Gasteiger partial charge in [0, 0.05) is 25.6 Å². The molecule has 0 spiro atoms. The number of nitrogens with two attached hydrogens (primary N) is 1. The first-order valence-electron chi connectivity index (χ1n) is 6.69. The molecule has 0 unspecified atom stereocenters. The number of fused-ring (bicyclic) bond motifs is 1. The number of nitrogens with zero attached hydrogens (tertiary/aromatic N) is 2. The Morgan fingerprint density at radius 3 is 2.95 bits per heavy atom. The lowest BCUT2D eigenvalue weighted by molar-refractivity contribution is 0.0695. The number of nitriles is 1. The molecular formula is C15H18N4O2. The Kier molecular flexibility index (Phi) is 4.80. The van der Waals surface area contributed by atoms with Gasteiger partial charge in [-0.05, 0) is 12.1 Å². The number of para-hydroxylation sites is 1. The van der Waals surface area contributed by atoms with E-state index in [9.17, 15) is 4.79 Å². The third-order valence-corrected chi connectivity index (χ3v) is 3.26. The zero-order valence-corrected chi connectivity index (χ0v) is 11.9. The van der Waals surface area contributed by atoms with Crippen molar-refractivity contribution in [3.8, 4) is 6.07 Å². The van der Waals surface area contributed by atoms with Gasteiger partial charge in [-0.25, -0.2) is 0 Å². The van der Waals surface area contributed by atoms with Crippen molar-refractivity contribution in [1.29, 1.82) is 5.26 Å². The molecule has 110 valence electrons. The maximum Gasteiger partial charge on any atom is 0.270 e. The van der Waals surface area contributed by atoms with E-state index in [0.29, 0.717) is 31.1 Å². The number of rotatable bonds is 6. The molecule has 2 rings (SSSR count). The van der Waals surface area contributed by atoms with Crippen molar-refractivity contribution in [1.82, 2.24) is 9.88 Å². The fourth-order valence-electron chi connectivity index (χ4n) is 2.17. The normalized spacial score (nSPS) is 10.5. The van der Waals surface area contributed by atoms with Gasteiger partial charge < -0.3 is 20.4 Å². The van der Waals surface area contributed by atoms with Gasteiger partial charge in [-0.2, -0.15) is 5.26 Å². The molecule has 0 aliphatic heterocycles. The number of hydrogen-bond donors (Lipinski definition) is 2. The van der Waals surface area contributed by atoms with Crippen molar-refractivity contribution >= 4 is 22.5 Å². The van der Waals surface area contributed by atoms with E-state index in [4.69, 9.17) is 15.7 Å². The van der Waals surface area contributed by atoms with Gasteiger partial charge in [-0.1, -0.05) is 12.1 Å². The topological polar surface area (TPSA) is 95.1 Å². The molecule has 0 bridgehead atoms. The van der Waals surface area contributed by atoms with Crippen molar-refractivity contribution in [2.45, 2.75) is 6.42 Å². The van der Waals surface area contributed by atoms with Crippen molar-refractivity contribution in [2.24, 2.45) is 0 Å². The van der Waals surface area contributed by atoms with Gasteiger partial charge in [0.25, 0.3) is 5.91 Å². The third-order valence-electron chi connectivity index (χ3n) is 3.26. The van der Waals surface area contributed by atoms with E-state index in [-0.39, 0.29) is 12.3 Å². The Morgan fingerprint density at radius 1 is 1.48 bits per heavy atom. The molecule has 0 atom stereocenters. The average molecular weight is 286 g/mol. The number of anilines is 1. The first-order valence-corrected chi connectivity index (χ1v) is 6.69. The summed E-state index contributed by atoms with van der Waals surface area (Å²) in [5, 5.41) is 9.59. The summed E-state index contributed by atoms with van der Waals surface area (Å²) in [6.45, 7) is 1.25. The minimum Gasteiger partial charge on any atom is -0.397 e. The van der Waals surface area contributed by atoms with Crippen LogP contribution in [-0.4, -0.2) is 42.6 Å². The number of benzene rings is 1. The van der Waals surface area contributed by atoms with E-state index >= 15 is 0 Å². The second-order valence-corrected chi connectivity index (χ2v) is 4.69. The van der Waals surface area contributed by atoms with E-state index in [1.807, 2.05) is 12.1 Å². The lowest BCUT2D eigenvalue weighted by Gasteiger charge is -2.20. The molecule has 1 amide bonds. The fraction of sp³-hybridized carbons (Fsp3) is 0.333. The minimum absolute atomic E-state index is 0.155. The minimum atomic E-state index is -0.155. The van der Waals surface area contributed by atoms with Gasteiger partial charge in [0.15, 0.2) is 0 Å². The molecule has 1 aromatic heterocycles. The maximum absolute atomic E-state index is 12.5. The first-order chi connectivity index (χ1) is 10.2. The van der Waals surface area contributed by atoms with Gasteiger partial charge in [0.2, 0.25) is 0 Å². The molecule has 1 aromatic carbocycles. The third kappa shape index (κ3) is 3.33. The van der Waals surface area contributed by atoms with Crippen LogP contribution in [0, 0.1) is 11.3 Å². The number of ether oxygens (including phenoxy) is 1. The monoisotopic (exact) mass is 286 g/mol. The lowest BCUT2D eigenvalue weighted by atomic mass is 10.2. The quantitative estimate of drug-likeness (QED) is 0.791. The van der Waals surface area contributed by atoms with Gasteiger partial charge in [0.1, 0.15) is 5.69 Å². The fourth-order valence-corrected chi connectivity index (χ4v) is 2.17. The van der Waals surface area contributed by atoms with Crippen LogP contribution in [0.15, 0.2) is 24.3 Å². The Balaban J connectivity index is 2.25. The summed E-state index contributed by atoms with van der Waals surface area (Å²) < 4.78 is 5.01. The van der Waals surface area contributed by atoms with Crippen LogP contribution in [0.3, 0.4) is 0 Å². The SMILES string of the molecule is COCCN(CCC#N)C(=O)c1cc2cccc(N)c2[nH]1. The van der Waals surface area contributed by atoms with Gasteiger partial charge in [-0.3, -0.25) is 4.79 Å². The zero-order valence-electron chi connectivity index (χ0n) is 11.9. The van der Waals surface area contributed by atoms with E-state index in [1.165, 1.54) is 0 Å². The molecule has 2 aromatic rings. The highest BCUT2D eigenvalue weighted by molar-refractivity contribution is 6.00. The second-order valence-electron chi connectivity index (χ2n) is 4.69. The smallest absolute Gasteiger partial charge is 0.270 e. The number of aromatic nitrogens is 1. The molecule has 21 heavy (non-hydrogen) atoms. The molecule has 0 saturated carbocycles. The summed E-state index contributed by atoms with van der Waals surface area (Å²) in [5.74, 6) is -0.155. The van der Waals surface area contributed by atoms with Crippen LogP contribution in [0.4, 0.5) is 5.69 Å². The van der Waals surface area contributed by atoms with Crippen LogP contribution in [-0.2, 0) is 4.74 Å². The molecule has 0 radical (unpaired) electrons. The van der Waals surface area contributed by atoms with Crippen LogP contribution in [0.2, 0.25) is 0 Å². The molecule has 0 aliphatic rings. The van der Waals surface area contributed by atoms with Gasteiger partial charge in [0.05, 0.1) is 30.3 Å². The van der Waals surface area contributed by atoms with E-state index in [1.54, 1.807) is 24.1 Å². The molecule has 0 aliphatic carbocycles. The summed E-state index contributed by atoms with van der Waals surface area (Å²) in [6.07, 6.45) is 0.290. The van der Waals surface area contributed by atoms with E-state index < -0.39 is 0 Å². The summed E-state index contributed by atoms with van der Waals surface area (Å²) in [5.41, 5.74) is 7.72. The number of hydrogen-bond acceptors (Lipinski definition) is 4. The maximum atomic E-state index is 12.5. The standard InChI is InChI=1S/C15H18N4O2/c1-21-9-8-19(7-3-6-16)15(20)13-10-11-4-2-5-12(17)14(11)18-13/h2,4-5,10,18H,3,7-9,17H2,1H3. The second kappa shape index (κ2) is 6.77. The van der Waals surface area contributed by atoms with Crippen LogP contribution >= 0.6 is 0 Å². The summed E-state index contributed by atoms with van der Waals surface area (Å²) in [4.78, 5) is 17.2. The van der Waals surface area contributed by atoms with E-state index in [2.05, 4.69) is 11.1 Å². The van der Waals surface area contributed by atoms with Crippen LogP contribution in [0.25, 0.3) is 10.9 Å². The molecule has 6 nitrogen and oxygen atoms in total. The first kappa shape index (κ1) is 14.9. The molecule has 1 heterocycles. The van der Waals surface area contributed by atoms with Gasteiger partial charge >= 0.3 is 0 Å². The highest BCUT2D eigenvalue weighted by atomic mass is 16.5. The number of H-pyrrole nitrogens is 1. The Hall–Kier alpha value is -2.52. The zero-order chi connectivity index (χ0) is 15.2. The number of amides is 1. The lowest BCUT2D eigenvalue weighted by Crippen LogP contribution is -2.34. The number of nitrogen functional groups attached to an aromatic ring is 1. The van der Waals surface area contributed by atoms with Crippen molar-refractivity contribution in [2.75, 3.05) is 32.5 Å². The Morgan fingerprint density at radius 2 is 2.29 bits per heavy atom. The van der Waals surface area contributed by atoms with Crippen LogP contribution < -0.4 is 5.73 Å². The number of carbonyl (C=O) groups is 1. The van der Waals surface area contributed by atoms with Crippen molar-refractivity contribution < 1.29 is 9.53 Å².